The van der Waals surface area contributed by atoms with E-state index in [1.165, 1.54) is 12.1 Å². The highest BCUT2D eigenvalue weighted by Crippen LogP contribution is 2.50. The summed E-state index contributed by atoms with van der Waals surface area (Å²) in [6.07, 6.45) is 4.68. The molecule has 0 amide bonds. The Bertz CT molecular complexity index is 1440. The van der Waals surface area contributed by atoms with Crippen LogP contribution in [0.5, 0.6) is 0 Å². The molecule has 176 valence electrons. The molecule has 0 bridgehead atoms. The fourth-order valence-corrected chi connectivity index (χ4v) is 4.63. The predicted molar refractivity (Wildman–Crippen MR) is 136 cm³/mol. The van der Waals surface area contributed by atoms with Crippen LogP contribution >= 0.6 is 0 Å². The second-order valence-corrected chi connectivity index (χ2v) is 8.60. The highest BCUT2D eigenvalue weighted by Gasteiger charge is 2.43. The SMILES string of the molecule is C=CCn1c(-c2ccccc2)ncc(NCCCc2ccc3c(c2)-c2ccccc2C3(F)F)c1=O. The minimum Gasteiger partial charge on any atom is -0.379 e. The number of hydrogen-bond acceptors (Lipinski definition) is 3. The Morgan fingerprint density at radius 3 is 2.51 bits per heavy atom. The summed E-state index contributed by atoms with van der Waals surface area (Å²) in [4.78, 5) is 17.6. The number of anilines is 1. The van der Waals surface area contributed by atoms with Gasteiger partial charge in [0.1, 0.15) is 11.5 Å². The number of fused-ring (bicyclic) bond motifs is 3. The summed E-state index contributed by atoms with van der Waals surface area (Å²) in [7, 11) is 0. The third kappa shape index (κ3) is 4.16. The third-order valence-electron chi connectivity index (χ3n) is 6.33. The van der Waals surface area contributed by atoms with Gasteiger partial charge in [-0.15, -0.1) is 6.58 Å². The molecule has 1 aliphatic carbocycles. The topological polar surface area (TPSA) is 46.9 Å². The number of nitrogens with zero attached hydrogens (tertiary/aromatic N) is 2. The standard InChI is InChI=1S/C29H25F2N3O/c1-2-17-34-27(21-10-4-3-5-11-21)33-19-26(28(34)35)32-16-8-9-20-14-15-25-23(18-20)22-12-6-7-13-24(22)29(25,30)31/h2-7,10-15,18-19,32H,1,8-9,16-17H2. The second-order valence-electron chi connectivity index (χ2n) is 8.60. The van der Waals surface area contributed by atoms with Gasteiger partial charge in [-0.05, 0) is 29.5 Å². The number of alkyl halides is 2. The summed E-state index contributed by atoms with van der Waals surface area (Å²) in [6, 6.07) is 21.4. The minimum absolute atomic E-state index is 0.0629. The van der Waals surface area contributed by atoms with Crippen molar-refractivity contribution < 1.29 is 8.78 Å². The molecule has 35 heavy (non-hydrogen) atoms. The molecular formula is C29H25F2N3O. The van der Waals surface area contributed by atoms with Gasteiger partial charge in [-0.1, -0.05) is 78.9 Å². The predicted octanol–water partition coefficient (Wildman–Crippen LogP) is 6.26. The molecule has 1 heterocycles. The average molecular weight is 470 g/mol. The Morgan fingerprint density at radius 1 is 0.971 bits per heavy atom. The molecule has 0 atom stereocenters. The molecule has 0 fully saturated rings. The third-order valence-corrected chi connectivity index (χ3v) is 6.33. The van der Waals surface area contributed by atoms with Gasteiger partial charge in [-0.3, -0.25) is 9.36 Å². The molecule has 5 rings (SSSR count). The Hall–Kier alpha value is -4.06. The molecule has 6 heteroatoms. The maximum Gasteiger partial charge on any atom is 0.299 e. The highest BCUT2D eigenvalue weighted by atomic mass is 19.3. The maximum atomic E-state index is 14.8. The van der Waals surface area contributed by atoms with E-state index in [0.29, 0.717) is 42.1 Å². The first-order valence-electron chi connectivity index (χ1n) is 11.6. The molecule has 0 radical (unpaired) electrons. The number of aromatic nitrogens is 2. The average Bonchev–Trinajstić information content (AvgIpc) is 3.11. The molecule has 0 saturated heterocycles. The van der Waals surface area contributed by atoms with Crippen molar-refractivity contribution in [2.24, 2.45) is 0 Å². The molecule has 0 saturated carbocycles. The molecule has 4 nitrogen and oxygen atoms in total. The van der Waals surface area contributed by atoms with Crippen molar-refractivity contribution in [3.8, 4) is 22.5 Å². The van der Waals surface area contributed by atoms with Crippen LogP contribution in [0.4, 0.5) is 14.5 Å². The Kier molecular flexibility index (Phi) is 6.03. The molecule has 4 aromatic rings. The van der Waals surface area contributed by atoms with Crippen molar-refractivity contribution in [2.45, 2.75) is 25.3 Å². The number of aryl methyl sites for hydroxylation is 1. The van der Waals surface area contributed by atoms with Crippen molar-refractivity contribution in [1.29, 1.82) is 0 Å². The number of rotatable bonds is 8. The van der Waals surface area contributed by atoms with E-state index in [1.54, 1.807) is 41.1 Å². The summed E-state index contributed by atoms with van der Waals surface area (Å²) in [5.41, 5.74) is 3.44. The van der Waals surface area contributed by atoms with E-state index in [4.69, 9.17) is 0 Å². The van der Waals surface area contributed by atoms with Crippen LogP contribution in [0.25, 0.3) is 22.5 Å². The highest BCUT2D eigenvalue weighted by molar-refractivity contribution is 5.79. The van der Waals surface area contributed by atoms with Gasteiger partial charge in [0.15, 0.2) is 0 Å². The molecule has 1 aromatic heterocycles. The van der Waals surface area contributed by atoms with E-state index in [1.807, 2.05) is 36.4 Å². The number of hydrogen-bond donors (Lipinski definition) is 1. The van der Waals surface area contributed by atoms with Crippen LogP contribution in [-0.4, -0.2) is 16.1 Å². The van der Waals surface area contributed by atoms with Gasteiger partial charge in [0.25, 0.3) is 11.5 Å². The van der Waals surface area contributed by atoms with Crippen molar-refractivity contribution in [3.05, 3.63) is 119 Å². The fourth-order valence-electron chi connectivity index (χ4n) is 4.63. The molecule has 0 spiro atoms. The van der Waals surface area contributed by atoms with Crippen LogP contribution in [0, 0.1) is 0 Å². The van der Waals surface area contributed by atoms with Crippen LogP contribution in [0.1, 0.15) is 23.1 Å². The summed E-state index contributed by atoms with van der Waals surface area (Å²) in [5.74, 6) is -2.37. The first-order valence-corrected chi connectivity index (χ1v) is 11.6. The first kappa shape index (κ1) is 22.7. The van der Waals surface area contributed by atoms with Gasteiger partial charge in [-0.2, -0.15) is 8.78 Å². The largest absolute Gasteiger partial charge is 0.379 e. The van der Waals surface area contributed by atoms with Gasteiger partial charge >= 0.3 is 0 Å². The molecule has 0 unspecified atom stereocenters. The van der Waals surface area contributed by atoms with Crippen molar-refractivity contribution in [3.63, 3.8) is 0 Å². The molecular weight excluding hydrogens is 444 g/mol. The molecule has 0 aliphatic heterocycles. The summed E-state index contributed by atoms with van der Waals surface area (Å²) >= 11 is 0. The van der Waals surface area contributed by atoms with Crippen LogP contribution in [0.2, 0.25) is 0 Å². The van der Waals surface area contributed by atoms with Gasteiger partial charge in [0, 0.05) is 29.8 Å². The number of allylic oxidation sites excluding steroid dienone is 1. The number of halogens is 2. The van der Waals surface area contributed by atoms with Gasteiger partial charge in [0.2, 0.25) is 0 Å². The van der Waals surface area contributed by atoms with E-state index >= 15 is 0 Å². The Morgan fingerprint density at radius 2 is 1.71 bits per heavy atom. The van der Waals surface area contributed by atoms with E-state index in [-0.39, 0.29) is 16.7 Å². The van der Waals surface area contributed by atoms with E-state index in [0.717, 1.165) is 17.5 Å². The normalized spacial score (nSPS) is 13.2. The first-order chi connectivity index (χ1) is 17.0. The lowest BCUT2D eigenvalue weighted by molar-refractivity contribution is 0.0480. The Balaban J connectivity index is 1.29. The zero-order valence-corrected chi connectivity index (χ0v) is 19.2. The lowest BCUT2D eigenvalue weighted by Crippen LogP contribution is -2.26. The molecule has 3 aromatic carbocycles. The van der Waals surface area contributed by atoms with Crippen molar-refractivity contribution >= 4 is 5.69 Å². The quantitative estimate of drug-likeness (QED) is 0.245. The molecule has 1 N–H and O–H groups in total. The van der Waals surface area contributed by atoms with E-state index < -0.39 is 5.92 Å². The Labute approximate surface area is 202 Å². The number of nitrogens with one attached hydrogen (secondary N) is 1. The second kappa shape index (κ2) is 9.29. The smallest absolute Gasteiger partial charge is 0.299 e. The van der Waals surface area contributed by atoms with Gasteiger partial charge in [-0.25, -0.2) is 4.98 Å². The van der Waals surface area contributed by atoms with E-state index in [2.05, 4.69) is 16.9 Å². The maximum absolute atomic E-state index is 14.8. The van der Waals surface area contributed by atoms with Crippen LogP contribution < -0.4 is 10.9 Å². The van der Waals surface area contributed by atoms with Crippen LogP contribution in [0.15, 0.2) is 96.4 Å². The zero-order chi connectivity index (χ0) is 24.4. The summed E-state index contributed by atoms with van der Waals surface area (Å²) in [5, 5.41) is 3.19. The fraction of sp³-hybridized carbons (Fsp3) is 0.172. The van der Waals surface area contributed by atoms with Crippen molar-refractivity contribution in [2.75, 3.05) is 11.9 Å². The van der Waals surface area contributed by atoms with E-state index in [9.17, 15) is 13.6 Å². The molecule has 1 aliphatic rings. The summed E-state index contributed by atoms with van der Waals surface area (Å²) in [6.45, 7) is 4.67. The van der Waals surface area contributed by atoms with Gasteiger partial charge < -0.3 is 5.32 Å². The van der Waals surface area contributed by atoms with Crippen LogP contribution in [-0.2, 0) is 18.9 Å². The van der Waals surface area contributed by atoms with Gasteiger partial charge in [0.05, 0.1) is 6.20 Å². The van der Waals surface area contributed by atoms with Crippen molar-refractivity contribution in [1.82, 2.24) is 9.55 Å². The lowest BCUT2D eigenvalue weighted by atomic mass is 10.0. The monoisotopic (exact) mass is 469 g/mol. The lowest BCUT2D eigenvalue weighted by Gasteiger charge is -2.14. The minimum atomic E-state index is -2.96. The number of benzene rings is 3. The summed E-state index contributed by atoms with van der Waals surface area (Å²) < 4.78 is 31.1. The zero-order valence-electron chi connectivity index (χ0n) is 19.2. The van der Waals surface area contributed by atoms with Crippen LogP contribution in [0.3, 0.4) is 0 Å².